The van der Waals surface area contributed by atoms with E-state index in [9.17, 15) is 18.0 Å². The molecule has 0 atom stereocenters. The SMILES string of the molecule is O=c1[nH]c(-c2cc(F)cc(F)c2F)no1. The van der Waals surface area contributed by atoms with Crippen molar-refractivity contribution in [2.75, 3.05) is 0 Å². The molecular weight excluding hydrogens is 213 g/mol. The number of H-pyrrole nitrogens is 1. The fraction of sp³-hybridized carbons (Fsp3) is 0. The lowest BCUT2D eigenvalue weighted by Gasteiger charge is -1.99. The molecule has 1 aromatic heterocycles. The van der Waals surface area contributed by atoms with E-state index < -0.39 is 28.8 Å². The number of benzene rings is 1. The molecule has 0 aliphatic heterocycles. The molecule has 15 heavy (non-hydrogen) atoms. The molecule has 7 heteroatoms. The summed E-state index contributed by atoms with van der Waals surface area (Å²) in [5, 5.41) is 3.11. The van der Waals surface area contributed by atoms with Crippen LogP contribution in [0.15, 0.2) is 21.5 Å². The maximum atomic E-state index is 13.1. The Morgan fingerprint density at radius 2 is 2.00 bits per heavy atom. The van der Waals surface area contributed by atoms with Gasteiger partial charge in [0.05, 0.1) is 5.56 Å². The fourth-order valence-electron chi connectivity index (χ4n) is 1.07. The molecule has 0 bridgehead atoms. The molecule has 0 aliphatic rings. The lowest BCUT2D eigenvalue weighted by molar-refractivity contribution is 0.387. The summed E-state index contributed by atoms with van der Waals surface area (Å²) >= 11 is 0. The molecule has 1 heterocycles. The standard InChI is InChI=1S/C8H3F3N2O2/c9-3-1-4(6(11)5(10)2-3)7-12-8(14)15-13-7/h1-2H,(H,12,13,14). The van der Waals surface area contributed by atoms with Crippen molar-refractivity contribution < 1.29 is 17.7 Å². The van der Waals surface area contributed by atoms with Crippen LogP contribution in [0.25, 0.3) is 11.4 Å². The molecule has 0 radical (unpaired) electrons. The second kappa shape index (κ2) is 3.26. The van der Waals surface area contributed by atoms with Gasteiger partial charge >= 0.3 is 5.76 Å². The lowest BCUT2D eigenvalue weighted by atomic mass is 10.2. The van der Waals surface area contributed by atoms with E-state index in [1.165, 1.54) is 0 Å². The summed E-state index contributed by atoms with van der Waals surface area (Å²) in [6.07, 6.45) is 0. The molecule has 4 nitrogen and oxygen atoms in total. The van der Waals surface area contributed by atoms with E-state index in [0.717, 1.165) is 0 Å². The molecule has 0 fully saturated rings. The third-order valence-corrected chi connectivity index (χ3v) is 1.69. The van der Waals surface area contributed by atoms with Gasteiger partial charge in [-0.05, 0) is 6.07 Å². The second-order valence-electron chi connectivity index (χ2n) is 2.69. The number of aromatic amines is 1. The van der Waals surface area contributed by atoms with E-state index in [0.29, 0.717) is 12.1 Å². The third kappa shape index (κ3) is 1.63. The van der Waals surface area contributed by atoms with Crippen molar-refractivity contribution in [3.63, 3.8) is 0 Å². The first-order valence-corrected chi connectivity index (χ1v) is 3.79. The second-order valence-corrected chi connectivity index (χ2v) is 2.69. The smallest absolute Gasteiger partial charge is 0.296 e. The Morgan fingerprint density at radius 1 is 1.27 bits per heavy atom. The number of aromatic nitrogens is 2. The number of rotatable bonds is 1. The average Bonchev–Trinajstić information content (AvgIpc) is 2.58. The average molecular weight is 216 g/mol. The number of halogens is 3. The molecule has 0 spiro atoms. The highest BCUT2D eigenvalue weighted by Crippen LogP contribution is 2.21. The van der Waals surface area contributed by atoms with Crippen LogP contribution >= 0.6 is 0 Å². The van der Waals surface area contributed by atoms with Gasteiger partial charge in [-0.3, -0.25) is 9.51 Å². The summed E-state index contributed by atoms with van der Waals surface area (Å²) < 4.78 is 42.7. The van der Waals surface area contributed by atoms with Crippen LogP contribution in [-0.4, -0.2) is 10.1 Å². The van der Waals surface area contributed by atoms with Crippen molar-refractivity contribution in [2.24, 2.45) is 0 Å². The van der Waals surface area contributed by atoms with E-state index in [4.69, 9.17) is 0 Å². The normalized spacial score (nSPS) is 10.6. The van der Waals surface area contributed by atoms with Crippen LogP contribution in [0.1, 0.15) is 0 Å². The minimum absolute atomic E-state index is 0.365. The van der Waals surface area contributed by atoms with Crippen molar-refractivity contribution in [1.82, 2.24) is 10.1 Å². The summed E-state index contributed by atoms with van der Waals surface area (Å²) in [7, 11) is 0. The van der Waals surface area contributed by atoms with E-state index in [1.807, 2.05) is 4.98 Å². The number of hydrogen-bond donors (Lipinski definition) is 1. The molecule has 1 aromatic carbocycles. The third-order valence-electron chi connectivity index (χ3n) is 1.69. The minimum atomic E-state index is -1.37. The Morgan fingerprint density at radius 3 is 2.60 bits per heavy atom. The van der Waals surface area contributed by atoms with Crippen LogP contribution in [-0.2, 0) is 0 Å². The van der Waals surface area contributed by atoms with Crippen LogP contribution < -0.4 is 5.76 Å². The largest absolute Gasteiger partial charge is 0.439 e. The Kier molecular flexibility index (Phi) is 2.07. The summed E-state index contributed by atoms with van der Waals surface area (Å²) in [6, 6.07) is 1.09. The molecular formula is C8H3F3N2O2. The zero-order valence-corrected chi connectivity index (χ0v) is 7.05. The van der Waals surface area contributed by atoms with Gasteiger partial charge in [0.2, 0.25) is 0 Å². The maximum absolute atomic E-state index is 13.1. The predicted molar refractivity (Wildman–Crippen MR) is 42.4 cm³/mol. The van der Waals surface area contributed by atoms with Gasteiger partial charge in [0.15, 0.2) is 17.5 Å². The fourth-order valence-corrected chi connectivity index (χ4v) is 1.07. The van der Waals surface area contributed by atoms with Crippen LogP contribution in [0.4, 0.5) is 13.2 Å². The van der Waals surface area contributed by atoms with Crippen LogP contribution in [0.3, 0.4) is 0 Å². The number of nitrogens with one attached hydrogen (secondary N) is 1. The predicted octanol–water partition coefficient (Wildman–Crippen LogP) is 1.45. The van der Waals surface area contributed by atoms with Crippen molar-refractivity contribution in [2.45, 2.75) is 0 Å². The summed E-state index contributed by atoms with van der Waals surface area (Å²) in [5.41, 5.74) is -0.502. The highest BCUT2D eigenvalue weighted by molar-refractivity contribution is 5.55. The number of nitrogens with zero attached hydrogens (tertiary/aromatic N) is 1. The van der Waals surface area contributed by atoms with Crippen molar-refractivity contribution >= 4 is 0 Å². The molecule has 2 rings (SSSR count). The topological polar surface area (TPSA) is 58.9 Å². The first-order chi connectivity index (χ1) is 7.08. The van der Waals surface area contributed by atoms with Crippen LogP contribution in [0.2, 0.25) is 0 Å². The van der Waals surface area contributed by atoms with Crippen LogP contribution in [0, 0.1) is 17.5 Å². The highest BCUT2D eigenvalue weighted by Gasteiger charge is 2.15. The lowest BCUT2D eigenvalue weighted by Crippen LogP contribution is -1.97. The molecule has 1 N–H and O–H groups in total. The molecule has 2 aromatic rings. The Labute approximate surface area is 80.3 Å². The van der Waals surface area contributed by atoms with Gasteiger partial charge in [0.25, 0.3) is 0 Å². The molecule has 0 saturated carbocycles. The zero-order chi connectivity index (χ0) is 11.0. The maximum Gasteiger partial charge on any atom is 0.439 e. The molecule has 0 amide bonds. The van der Waals surface area contributed by atoms with Gasteiger partial charge in [0, 0.05) is 6.07 Å². The molecule has 78 valence electrons. The van der Waals surface area contributed by atoms with Gasteiger partial charge in [-0.15, -0.1) is 0 Å². The zero-order valence-electron chi connectivity index (χ0n) is 7.05. The summed E-state index contributed by atoms with van der Waals surface area (Å²) in [5.74, 6) is -4.95. The Hall–Kier alpha value is -2.05. The first kappa shape index (κ1) is 9.50. The van der Waals surface area contributed by atoms with Crippen molar-refractivity contribution in [1.29, 1.82) is 0 Å². The molecule has 0 aliphatic carbocycles. The van der Waals surface area contributed by atoms with Gasteiger partial charge in [-0.25, -0.2) is 18.0 Å². The quantitative estimate of drug-likeness (QED) is 0.734. The van der Waals surface area contributed by atoms with E-state index >= 15 is 0 Å². The van der Waals surface area contributed by atoms with Gasteiger partial charge in [-0.1, -0.05) is 5.16 Å². The molecule has 0 unspecified atom stereocenters. The van der Waals surface area contributed by atoms with Gasteiger partial charge in [-0.2, -0.15) is 0 Å². The van der Waals surface area contributed by atoms with Crippen LogP contribution in [0.5, 0.6) is 0 Å². The van der Waals surface area contributed by atoms with E-state index in [1.54, 1.807) is 0 Å². The van der Waals surface area contributed by atoms with Crippen molar-refractivity contribution in [3.05, 3.63) is 40.1 Å². The van der Waals surface area contributed by atoms with Crippen molar-refractivity contribution in [3.8, 4) is 11.4 Å². The number of hydrogen-bond acceptors (Lipinski definition) is 3. The monoisotopic (exact) mass is 216 g/mol. The van der Waals surface area contributed by atoms with Gasteiger partial charge < -0.3 is 0 Å². The van der Waals surface area contributed by atoms with Gasteiger partial charge in [0.1, 0.15) is 5.82 Å². The minimum Gasteiger partial charge on any atom is -0.296 e. The van der Waals surface area contributed by atoms with E-state index in [2.05, 4.69) is 9.68 Å². The van der Waals surface area contributed by atoms with E-state index in [-0.39, 0.29) is 5.82 Å². The Bertz CT molecular complexity index is 561. The molecule has 0 saturated heterocycles. The Balaban J connectivity index is 2.67. The summed E-state index contributed by atoms with van der Waals surface area (Å²) in [4.78, 5) is 12.5. The highest BCUT2D eigenvalue weighted by atomic mass is 19.2. The summed E-state index contributed by atoms with van der Waals surface area (Å²) in [6.45, 7) is 0. The first-order valence-electron chi connectivity index (χ1n) is 3.79.